The third-order valence-corrected chi connectivity index (χ3v) is 13.0. The zero-order valence-corrected chi connectivity index (χ0v) is 36.1. The molecule has 0 amide bonds. The fourth-order valence-corrected chi connectivity index (χ4v) is 9.21. The molecule has 0 aromatic rings. The van der Waals surface area contributed by atoms with E-state index in [2.05, 4.69) is 13.8 Å². The zero-order chi connectivity index (χ0) is 34.1. The second kappa shape index (κ2) is 45.1. The van der Waals surface area contributed by atoms with Crippen molar-refractivity contribution in [3.63, 3.8) is 0 Å². The van der Waals surface area contributed by atoms with Crippen LogP contribution in [-0.2, 0) is 32.6 Å². The molecule has 0 saturated carbocycles. The number of hydrogen-bond donors (Lipinski definition) is 0. The predicted molar refractivity (Wildman–Crippen MR) is 213 cm³/mol. The molecule has 0 aromatic heterocycles. The minimum atomic E-state index is -0.676. The first-order valence-corrected chi connectivity index (χ1v) is 25.3. The van der Waals surface area contributed by atoms with Gasteiger partial charge in [0.1, 0.15) is 0 Å². The van der Waals surface area contributed by atoms with E-state index in [-0.39, 0.29) is 25.4 Å². The van der Waals surface area contributed by atoms with Gasteiger partial charge in [-0.15, -0.1) is 0 Å². The normalized spacial score (nSPS) is 10.9. The van der Waals surface area contributed by atoms with E-state index in [0.29, 0.717) is 26.1 Å². The van der Waals surface area contributed by atoms with Gasteiger partial charge >= 0.3 is 177 Å². The summed E-state index contributed by atoms with van der Waals surface area (Å²) < 4.78 is 12.8. The molecule has 0 N–H and O–H groups in total. The van der Waals surface area contributed by atoms with Crippen LogP contribution in [0.5, 0.6) is 0 Å². The summed E-state index contributed by atoms with van der Waals surface area (Å²) in [5, 5.41) is 0. The van der Waals surface area contributed by atoms with Gasteiger partial charge in [-0.3, -0.25) is 0 Å². The Kier molecular flexibility index (Phi) is 47.2. The van der Waals surface area contributed by atoms with Gasteiger partial charge in [-0.1, -0.05) is 129 Å². The van der Waals surface area contributed by atoms with E-state index in [0.717, 1.165) is 21.7 Å². The van der Waals surface area contributed by atoms with Gasteiger partial charge in [0.05, 0.1) is 0 Å². The average Bonchev–Trinajstić information content (AvgIpc) is 3.07. The predicted octanol–water partition coefficient (Wildman–Crippen LogP) is 13.9. The maximum absolute atomic E-state index is 12.0. The first-order chi connectivity index (χ1) is 23.2. The Hall–Kier alpha value is 0.0887. The summed E-state index contributed by atoms with van der Waals surface area (Å²) in [6.07, 6.45) is 44.4. The number of esters is 2. The fourth-order valence-electron chi connectivity index (χ4n) is 6.32. The minimum absolute atomic E-state index is 0. The summed E-state index contributed by atoms with van der Waals surface area (Å²) >= 11 is -0.676. The number of carbonyl (C=O) groups is 2. The van der Waals surface area contributed by atoms with Crippen molar-refractivity contribution in [2.24, 2.45) is 0 Å². The standard InChI is InChI=1S/2C21H41O2.S.Sn/c2*1-3-5-6-7-8-9-10-11-12-13-14-15-16-17-18-19-20-23-21(22)4-2;;/h2*2-20H2,1H3;;/q;;-2;+2. The molecule has 0 radical (unpaired) electrons. The summed E-state index contributed by atoms with van der Waals surface area (Å²) in [5.41, 5.74) is 0. The van der Waals surface area contributed by atoms with Crippen LogP contribution in [0.25, 0.3) is 0 Å². The van der Waals surface area contributed by atoms with Crippen molar-refractivity contribution in [3.8, 4) is 0 Å². The van der Waals surface area contributed by atoms with Gasteiger partial charge in [0.2, 0.25) is 0 Å². The van der Waals surface area contributed by atoms with Crippen molar-refractivity contribution in [1.29, 1.82) is 0 Å². The van der Waals surface area contributed by atoms with Gasteiger partial charge in [-0.05, 0) is 0 Å². The van der Waals surface area contributed by atoms with Gasteiger partial charge in [-0.2, -0.15) is 0 Å². The molecular formula is C42H82O4SSn. The number of hydrogen-bond acceptors (Lipinski definition) is 4. The number of ether oxygens (including phenoxy) is 2. The van der Waals surface area contributed by atoms with Crippen LogP contribution in [0, 0.1) is 0 Å². The monoisotopic (exact) mass is 802 g/mol. The number of rotatable bonds is 40. The molecule has 0 fully saturated rings. The minimum Gasteiger partial charge on any atom is -2.00 e. The van der Waals surface area contributed by atoms with Crippen LogP contribution >= 0.6 is 0 Å². The molecule has 0 spiro atoms. The van der Waals surface area contributed by atoms with Gasteiger partial charge < -0.3 is 13.5 Å². The first-order valence-electron chi connectivity index (χ1n) is 21.2. The smallest absolute Gasteiger partial charge is 2.00 e. The summed E-state index contributed by atoms with van der Waals surface area (Å²) in [6.45, 7) is 5.73. The van der Waals surface area contributed by atoms with Gasteiger partial charge in [-0.25, -0.2) is 0 Å². The van der Waals surface area contributed by atoms with Crippen LogP contribution in [0.1, 0.15) is 232 Å². The summed E-state index contributed by atoms with van der Waals surface area (Å²) in [4.78, 5) is 24.0. The number of carbonyl (C=O) groups excluding carboxylic acids is 2. The Balaban J connectivity index is 0. The van der Waals surface area contributed by atoms with Crippen molar-refractivity contribution < 1.29 is 19.1 Å². The van der Waals surface area contributed by atoms with E-state index in [1.807, 2.05) is 0 Å². The van der Waals surface area contributed by atoms with E-state index >= 15 is 0 Å². The van der Waals surface area contributed by atoms with Crippen LogP contribution in [0.15, 0.2) is 0 Å². The molecule has 284 valence electrons. The Morgan fingerprint density at radius 2 is 0.562 bits per heavy atom. The van der Waals surface area contributed by atoms with Crippen LogP contribution in [0.4, 0.5) is 0 Å². The molecular weight excluding hydrogens is 719 g/mol. The Morgan fingerprint density at radius 1 is 0.354 bits per heavy atom. The molecule has 0 heterocycles. The van der Waals surface area contributed by atoms with E-state index in [1.165, 1.54) is 193 Å². The van der Waals surface area contributed by atoms with Crippen molar-refractivity contribution in [2.75, 3.05) is 13.2 Å². The molecule has 4 nitrogen and oxygen atoms in total. The SMILES string of the molecule is CCCCCCCCCCCCCCCCCCOC(=O)C[CH2][Sn+2][CH2]CC(=O)OCCCCCCCCCCCCCCCCCC.[S-2]. The fraction of sp³-hybridized carbons (Fsp3) is 0.952. The van der Waals surface area contributed by atoms with Gasteiger partial charge in [0.25, 0.3) is 0 Å². The van der Waals surface area contributed by atoms with E-state index in [9.17, 15) is 9.59 Å². The van der Waals surface area contributed by atoms with E-state index in [4.69, 9.17) is 9.47 Å². The van der Waals surface area contributed by atoms with E-state index < -0.39 is 21.1 Å². The quantitative estimate of drug-likeness (QED) is 0.0352. The van der Waals surface area contributed by atoms with Crippen LogP contribution in [0.3, 0.4) is 0 Å². The third-order valence-electron chi connectivity index (χ3n) is 9.53. The molecule has 6 heteroatoms. The molecule has 0 aliphatic carbocycles. The van der Waals surface area contributed by atoms with Crippen LogP contribution in [0.2, 0.25) is 8.87 Å². The second-order valence-electron chi connectivity index (χ2n) is 14.3. The topological polar surface area (TPSA) is 52.6 Å². The summed E-state index contributed by atoms with van der Waals surface area (Å²) in [6, 6.07) is 0. The van der Waals surface area contributed by atoms with Gasteiger partial charge in [0.15, 0.2) is 0 Å². The van der Waals surface area contributed by atoms with Crippen molar-refractivity contribution in [1.82, 2.24) is 0 Å². The molecule has 48 heavy (non-hydrogen) atoms. The zero-order valence-electron chi connectivity index (χ0n) is 32.4. The average molecular weight is 802 g/mol. The number of unbranched alkanes of at least 4 members (excludes halogenated alkanes) is 30. The maximum atomic E-state index is 12.0. The van der Waals surface area contributed by atoms with Crippen LogP contribution in [-0.4, -0.2) is 46.3 Å². The van der Waals surface area contributed by atoms with Crippen molar-refractivity contribution in [2.45, 2.75) is 241 Å². The molecule has 0 aliphatic rings. The van der Waals surface area contributed by atoms with E-state index in [1.54, 1.807) is 0 Å². The van der Waals surface area contributed by atoms with Crippen LogP contribution < -0.4 is 0 Å². The summed E-state index contributed by atoms with van der Waals surface area (Å²) in [7, 11) is 0. The van der Waals surface area contributed by atoms with Crippen molar-refractivity contribution in [3.05, 3.63) is 0 Å². The third kappa shape index (κ3) is 44.1. The Labute approximate surface area is 318 Å². The Bertz CT molecular complexity index is 581. The Morgan fingerprint density at radius 3 is 0.792 bits per heavy atom. The second-order valence-corrected chi connectivity index (χ2v) is 18.6. The van der Waals surface area contributed by atoms with Gasteiger partial charge in [0, 0.05) is 0 Å². The molecule has 0 aromatic carbocycles. The molecule has 0 bridgehead atoms. The van der Waals surface area contributed by atoms with Crippen molar-refractivity contribution >= 4 is 46.6 Å². The molecule has 0 atom stereocenters. The molecule has 0 unspecified atom stereocenters. The summed E-state index contributed by atoms with van der Waals surface area (Å²) in [5.74, 6) is -0.0872. The first kappa shape index (κ1) is 50.2. The molecule has 0 rings (SSSR count). The molecule has 0 saturated heterocycles. The molecule has 0 aliphatic heterocycles.